The number of aromatic nitrogens is 2. The highest BCUT2D eigenvalue weighted by Crippen LogP contribution is 2.11. The maximum absolute atomic E-state index is 9.85. The number of unbranched alkanes of at least 4 members (excludes halogenated alkanes) is 6. The van der Waals surface area contributed by atoms with Crippen molar-refractivity contribution in [3.63, 3.8) is 0 Å². The summed E-state index contributed by atoms with van der Waals surface area (Å²) in [5.41, 5.74) is 0. The third-order valence-electron chi connectivity index (χ3n) is 3.18. The van der Waals surface area contributed by atoms with Crippen LogP contribution in [0.4, 0.5) is 0 Å². The van der Waals surface area contributed by atoms with Crippen molar-refractivity contribution in [1.29, 1.82) is 0 Å². The van der Waals surface area contributed by atoms with Crippen LogP contribution < -0.4 is 0 Å². The van der Waals surface area contributed by atoms with Gasteiger partial charge >= 0.3 is 0 Å². The molecule has 110 valence electrons. The maximum atomic E-state index is 9.85. The van der Waals surface area contributed by atoms with E-state index in [0.29, 0.717) is 6.54 Å². The minimum atomic E-state index is -0.260. The second-order valence-electron chi connectivity index (χ2n) is 5.11. The van der Waals surface area contributed by atoms with Crippen molar-refractivity contribution in [2.24, 2.45) is 0 Å². The van der Waals surface area contributed by atoms with Crippen molar-refractivity contribution >= 4 is 11.8 Å². The van der Waals surface area contributed by atoms with Crippen LogP contribution in [0.25, 0.3) is 0 Å². The molecule has 1 aromatic heterocycles. The Bertz CT molecular complexity index is 290. The van der Waals surface area contributed by atoms with E-state index in [1.807, 2.05) is 22.5 Å². The minimum Gasteiger partial charge on any atom is -0.390 e. The quantitative estimate of drug-likeness (QED) is 0.594. The number of hydrogen-bond donors (Lipinski definition) is 1. The second kappa shape index (κ2) is 11.4. The number of nitrogens with zero attached hydrogens (tertiary/aromatic N) is 2. The summed E-state index contributed by atoms with van der Waals surface area (Å²) in [6, 6.07) is 0. The summed E-state index contributed by atoms with van der Waals surface area (Å²) < 4.78 is 1.93. The number of thioether (sulfide) groups is 1. The molecule has 0 aromatic carbocycles. The van der Waals surface area contributed by atoms with Crippen molar-refractivity contribution in [1.82, 2.24) is 9.55 Å². The van der Waals surface area contributed by atoms with Crippen molar-refractivity contribution < 1.29 is 5.11 Å². The topological polar surface area (TPSA) is 38.0 Å². The van der Waals surface area contributed by atoms with Crippen LogP contribution in [0.5, 0.6) is 0 Å². The van der Waals surface area contributed by atoms with Gasteiger partial charge in [-0.15, -0.1) is 0 Å². The predicted octanol–water partition coefficient (Wildman–Crippen LogP) is 3.73. The SMILES string of the molecule is CCCCCCCCCSCC(O)Cn1ccnc1. The van der Waals surface area contributed by atoms with Gasteiger partial charge in [-0.2, -0.15) is 11.8 Å². The van der Waals surface area contributed by atoms with E-state index in [0.717, 1.165) is 5.75 Å². The van der Waals surface area contributed by atoms with Gasteiger partial charge in [0.2, 0.25) is 0 Å². The van der Waals surface area contributed by atoms with Crippen LogP contribution >= 0.6 is 11.8 Å². The number of aliphatic hydroxyl groups is 1. The van der Waals surface area contributed by atoms with E-state index < -0.39 is 0 Å². The minimum absolute atomic E-state index is 0.260. The summed E-state index contributed by atoms with van der Waals surface area (Å²) in [5.74, 6) is 2.00. The summed E-state index contributed by atoms with van der Waals surface area (Å²) in [7, 11) is 0. The Morgan fingerprint density at radius 3 is 2.58 bits per heavy atom. The Kier molecular flexibility index (Phi) is 9.91. The molecule has 1 rings (SSSR count). The lowest BCUT2D eigenvalue weighted by Gasteiger charge is -2.10. The highest BCUT2D eigenvalue weighted by atomic mass is 32.2. The molecule has 0 saturated carbocycles. The summed E-state index contributed by atoms with van der Waals surface area (Å²) >= 11 is 1.87. The van der Waals surface area contributed by atoms with Gasteiger partial charge in [0.15, 0.2) is 0 Å². The van der Waals surface area contributed by atoms with Gasteiger partial charge in [-0.25, -0.2) is 4.98 Å². The van der Waals surface area contributed by atoms with E-state index in [9.17, 15) is 5.11 Å². The standard InChI is InChI=1S/C15H28N2OS/c1-2-3-4-5-6-7-8-11-19-13-15(18)12-17-10-9-16-14-17/h9-10,14-15,18H,2-8,11-13H2,1H3. The molecule has 1 atom stereocenters. The molecule has 0 spiro atoms. The molecule has 0 saturated heterocycles. The lowest BCUT2D eigenvalue weighted by Crippen LogP contribution is -2.17. The molecule has 1 heterocycles. The summed E-state index contributed by atoms with van der Waals surface area (Å²) in [5, 5.41) is 9.85. The number of imidazole rings is 1. The largest absolute Gasteiger partial charge is 0.390 e. The van der Waals surface area contributed by atoms with Gasteiger partial charge in [0, 0.05) is 18.1 Å². The average molecular weight is 284 g/mol. The lowest BCUT2D eigenvalue weighted by molar-refractivity contribution is 0.178. The Morgan fingerprint density at radius 2 is 1.89 bits per heavy atom. The fourth-order valence-electron chi connectivity index (χ4n) is 2.07. The van der Waals surface area contributed by atoms with Crippen LogP contribution in [0.15, 0.2) is 18.7 Å². The maximum Gasteiger partial charge on any atom is 0.0946 e. The summed E-state index contributed by atoms with van der Waals surface area (Å²) in [6.45, 7) is 2.91. The smallest absolute Gasteiger partial charge is 0.0946 e. The van der Waals surface area contributed by atoms with E-state index in [4.69, 9.17) is 0 Å². The Morgan fingerprint density at radius 1 is 1.16 bits per heavy atom. The zero-order valence-electron chi connectivity index (χ0n) is 12.1. The molecule has 0 amide bonds. The molecule has 0 aliphatic carbocycles. The Hall–Kier alpha value is -0.480. The first-order chi connectivity index (χ1) is 9.33. The molecule has 19 heavy (non-hydrogen) atoms. The van der Waals surface area contributed by atoms with Crippen LogP contribution in [0.2, 0.25) is 0 Å². The molecule has 0 aliphatic heterocycles. The van der Waals surface area contributed by atoms with Crippen molar-refractivity contribution in [2.75, 3.05) is 11.5 Å². The first kappa shape index (κ1) is 16.6. The van der Waals surface area contributed by atoms with Gasteiger partial charge in [0.25, 0.3) is 0 Å². The van der Waals surface area contributed by atoms with Crippen molar-refractivity contribution in [2.45, 2.75) is 64.5 Å². The van der Waals surface area contributed by atoms with Gasteiger partial charge < -0.3 is 9.67 Å². The van der Waals surface area contributed by atoms with E-state index >= 15 is 0 Å². The average Bonchev–Trinajstić information content (AvgIpc) is 2.89. The zero-order chi connectivity index (χ0) is 13.8. The highest BCUT2D eigenvalue weighted by molar-refractivity contribution is 7.99. The van der Waals surface area contributed by atoms with Crippen LogP contribution in [0, 0.1) is 0 Å². The normalized spacial score (nSPS) is 12.7. The molecule has 3 nitrogen and oxygen atoms in total. The molecule has 1 unspecified atom stereocenters. The van der Waals surface area contributed by atoms with E-state index in [2.05, 4.69) is 11.9 Å². The molecule has 0 radical (unpaired) electrons. The van der Waals surface area contributed by atoms with Crippen LogP contribution in [0.3, 0.4) is 0 Å². The van der Waals surface area contributed by atoms with Gasteiger partial charge in [-0.1, -0.05) is 45.4 Å². The molecular weight excluding hydrogens is 256 g/mol. The number of aliphatic hydroxyl groups excluding tert-OH is 1. The van der Waals surface area contributed by atoms with Gasteiger partial charge in [-0.3, -0.25) is 0 Å². The third kappa shape index (κ3) is 9.11. The Labute approximate surface area is 121 Å². The summed E-state index contributed by atoms with van der Waals surface area (Å²) in [4.78, 5) is 3.97. The molecule has 1 aromatic rings. The van der Waals surface area contributed by atoms with E-state index in [-0.39, 0.29) is 6.10 Å². The van der Waals surface area contributed by atoms with Crippen LogP contribution in [0.1, 0.15) is 51.9 Å². The fourth-order valence-corrected chi connectivity index (χ4v) is 3.02. The van der Waals surface area contributed by atoms with E-state index in [1.165, 1.54) is 50.7 Å². The highest BCUT2D eigenvalue weighted by Gasteiger charge is 2.04. The molecule has 0 aliphatic rings. The van der Waals surface area contributed by atoms with Crippen molar-refractivity contribution in [3.8, 4) is 0 Å². The lowest BCUT2D eigenvalue weighted by atomic mass is 10.1. The van der Waals surface area contributed by atoms with Crippen LogP contribution in [-0.4, -0.2) is 32.3 Å². The molecule has 1 N–H and O–H groups in total. The van der Waals surface area contributed by atoms with Gasteiger partial charge in [0.1, 0.15) is 0 Å². The predicted molar refractivity (Wildman–Crippen MR) is 83.6 cm³/mol. The third-order valence-corrected chi connectivity index (χ3v) is 4.38. The zero-order valence-corrected chi connectivity index (χ0v) is 12.9. The van der Waals surface area contributed by atoms with Gasteiger partial charge in [0.05, 0.1) is 19.0 Å². The van der Waals surface area contributed by atoms with Crippen molar-refractivity contribution in [3.05, 3.63) is 18.7 Å². The molecule has 0 bridgehead atoms. The Balaban J connectivity index is 1.85. The van der Waals surface area contributed by atoms with Crippen LogP contribution in [-0.2, 0) is 6.54 Å². The summed E-state index contributed by atoms with van der Waals surface area (Å²) in [6.07, 6.45) is 14.6. The molecular formula is C15H28N2OS. The second-order valence-corrected chi connectivity index (χ2v) is 6.26. The first-order valence-electron chi connectivity index (χ1n) is 7.54. The molecule has 4 heteroatoms. The molecule has 0 fully saturated rings. The number of hydrogen-bond acceptors (Lipinski definition) is 3. The van der Waals surface area contributed by atoms with Gasteiger partial charge in [-0.05, 0) is 12.2 Å². The number of rotatable bonds is 12. The monoisotopic (exact) mass is 284 g/mol. The first-order valence-corrected chi connectivity index (χ1v) is 8.70. The van der Waals surface area contributed by atoms with E-state index in [1.54, 1.807) is 12.5 Å². The fraction of sp³-hybridized carbons (Fsp3) is 0.800.